The van der Waals surface area contributed by atoms with Gasteiger partial charge in [-0.1, -0.05) is 102 Å². The van der Waals surface area contributed by atoms with Gasteiger partial charge in [-0.25, -0.2) is 4.79 Å². The van der Waals surface area contributed by atoms with Gasteiger partial charge in [-0.2, -0.15) is 11.8 Å². The highest BCUT2D eigenvalue weighted by Crippen LogP contribution is 2.24. The molecule has 0 saturated carbocycles. The van der Waals surface area contributed by atoms with Gasteiger partial charge in [0.25, 0.3) is 11.8 Å². The van der Waals surface area contributed by atoms with Gasteiger partial charge in [0, 0.05) is 21.4 Å². The summed E-state index contributed by atoms with van der Waals surface area (Å²) in [5.41, 5.74) is 3.66. The van der Waals surface area contributed by atoms with Crippen LogP contribution in [-0.4, -0.2) is 34.7 Å². The van der Waals surface area contributed by atoms with E-state index in [1.165, 1.54) is 12.1 Å². The maximum Gasteiger partial charge on any atom is 0.326 e. The first-order valence-corrected chi connectivity index (χ1v) is 15.0. The minimum atomic E-state index is -1.17. The van der Waals surface area contributed by atoms with E-state index in [9.17, 15) is 19.5 Å². The highest BCUT2D eigenvalue weighted by atomic mass is 35.5. The summed E-state index contributed by atoms with van der Waals surface area (Å²) in [6.07, 6.45) is 1.59. The number of aliphatic carboxylic acids is 1. The summed E-state index contributed by atoms with van der Waals surface area (Å²) in [5.74, 6) is -1.23. The van der Waals surface area contributed by atoms with Crippen molar-refractivity contribution in [3.63, 3.8) is 0 Å². The summed E-state index contributed by atoms with van der Waals surface area (Å²) in [4.78, 5) is 38.6. The van der Waals surface area contributed by atoms with E-state index in [2.05, 4.69) is 10.6 Å². The van der Waals surface area contributed by atoms with E-state index in [0.717, 1.165) is 22.4 Å². The Balaban J connectivity index is 1.49. The fourth-order valence-corrected chi connectivity index (χ4v) is 5.47. The number of carboxylic acid groups (broad SMARTS) is 1. The van der Waals surface area contributed by atoms with Gasteiger partial charge in [-0.05, 0) is 64.8 Å². The van der Waals surface area contributed by atoms with Crippen LogP contribution in [0.5, 0.6) is 0 Å². The van der Waals surface area contributed by atoms with E-state index in [1.807, 2.05) is 72.8 Å². The van der Waals surface area contributed by atoms with Crippen molar-refractivity contribution in [3.8, 4) is 11.1 Å². The minimum absolute atomic E-state index is 0.153. The van der Waals surface area contributed by atoms with Crippen LogP contribution in [0.4, 0.5) is 0 Å². The molecule has 6 nitrogen and oxygen atoms in total. The summed E-state index contributed by atoms with van der Waals surface area (Å²) >= 11 is 13.9. The molecule has 3 N–H and O–H groups in total. The number of rotatable bonds is 12. The van der Waals surface area contributed by atoms with Crippen molar-refractivity contribution < 1.29 is 19.5 Å². The molecule has 0 aliphatic carbocycles. The summed E-state index contributed by atoms with van der Waals surface area (Å²) in [6, 6.07) is 30.1. The minimum Gasteiger partial charge on any atom is -0.480 e. The van der Waals surface area contributed by atoms with E-state index in [-0.39, 0.29) is 17.1 Å². The fraction of sp³-hybridized carbons (Fsp3) is 0.121. The molecule has 0 aliphatic heterocycles. The Kier molecular flexibility index (Phi) is 11.2. The summed E-state index contributed by atoms with van der Waals surface area (Å²) in [5, 5.41) is 15.7. The Morgan fingerprint density at radius 1 is 0.833 bits per heavy atom. The SMILES string of the molecule is O=C(NC(CCSCc1ccccc1)C(=O)O)C(=Cc1ccc(Cl)cc1Cl)NC(=O)c1ccc(-c2ccccc2)cc1. The van der Waals surface area contributed by atoms with Crippen LogP contribution in [0.15, 0.2) is 109 Å². The van der Waals surface area contributed by atoms with Crippen LogP contribution in [0.3, 0.4) is 0 Å². The molecule has 0 saturated heterocycles. The average molecular weight is 620 g/mol. The van der Waals surface area contributed by atoms with Gasteiger partial charge >= 0.3 is 5.97 Å². The first kappa shape index (κ1) is 30.9. The lowest BCUT2D eigenvalue weighted by Crippen LogP contribution is -2.44. The highest BCUT2D eigenvalue weighted by molar-refractivity contribution is 7.98. The Hall–Kier alpha value is -4.04. The molecule has 1 unspecified atom stereocenters. The maximum absolute atomic E-state index is 13.4. The van der Waals surface area contributed by atoms with Crippen LogP contribution < -0.4 is 10.6 Å². The number of carbonyl (C=O) groups excluding carboxylic acids is 2. The molecular weight excluding hydrogens is 591 g/mol. The standard InChI is InChI=1S/C33H28Cl2N2O4S/c34-27-16-15-26(28(35)20-27)19-30(37-31(38)25-13-11-24(12-14-25)23-9-5-2-6-10-23)32(39)36-29(33(40)41)17-18-42-21-22-7-3-1-4-8-22/h1-16,19-20,29H,17-18,21H2,(H,36,39)(H,37,38)(H,40,41). The third kappa shape index (κ3) is 8.98. The number of nitrogens with one attached hydrogen (secondary N) is 2. The summed E-state index contributed by atoms with van der Waals surface area (Å²) in [7, 11) is 0. The second kappa shape index (κ2) is 15.3. The van der Waals surface area contributed by atoms with Gasteiger partial charge < -0.3 is 15.7 Å². The molecule has 0 radical (unpaired) electrons. The maximum atomic E-state index is 13.4. The van der Waals surface area contributed by atoms with Gasteiger partial charge in [0.05, 0.1) is 0 Å². The van der Waals surface area contributed by atoms with Crippen molar-refractivity contribution >= 4 is 58.8 Å². The Morgan fingerprint density at radius 2 is 1.48 bits per heavy atom. The summed E-state index contributed by atoms with van der Waals surface area (Å²) in [6.45, 7) is 0. The molecule has 0 aromatic heterocycles. The zero-order valence-corrected chi connectivity index (χ0v) is 24.8. The molecular formula is C33H28Cl2N2O4S. The van der Waals surface area contributed by atoms with E-state index >= 15 is 0 Å². The van der Waals surface area contributed by atoms with Crippen LogP contribution in [0.2, 0.25) is 10.0 Å². The van der Waals surface area contributed by atoms with E-state index < -0.39 is 23.8 Å². The molecule has 2 amide bonds. The van der Waals surface area contributed by atoms with Gasteiger partial charge in [0.15, 0.2) is 0 Å². The topological polar surface area (TPSA) is 95.5 Å². The van der Waals surface area contributed by atoms with Gasteiger partial charge in [-0.3, -0.25) is 9.59 Å². The van der Waals surface area contributed by atoms with Crippen molar-refractivity contribution in [1.29, 1.82) is 0 Å². The van der Waals surface area contributed by atoms with Crippen molar-refractivity contribution in [1.82, 2.24) is 10.6 Å². The van der Waals surface area contributed by atoms with Gasteiger partial charge in [0.2, 0.25) is 0 Å². The molecule has 42 heavy (non-hydrogen) atoms. The molecule has 0 fully saturated rings. The second-order valence-electron chi connectivity index (χ2n) is 9.31. The van der Waals surface area contributed by atoms with Crippen molar-refractivity contribution in [3.05, 3.63) is 136 Å². The predicted octanol–water partition coefficient (Wildman–Crippen LogP) is 7.32. The molecule has 4 aromatic carbocycles. The number of halogens is 2. The van der Waals surface area contributed by atoms with Crippen LogP contribution in [0.25, 0.3) is 17.2 Å². The molecule has 0 heterocycles. The van der Waals surface area contributed by atoms with Gasteiger partial charge in [0.1, 0.15) is 11.7 Å². The zero-order valence-electron chi connectivity index (χ0n) is 22.4. The van der Waals surface area contributed by atoms with Crippen LogP contribution in [0, 0.1) is 0 Å². The Morgan fingerprint density at radius 3 is 2.12 bits per heavy atom. The number of hydrogen-bond donors (Lipinski definition) is 3. The van der Waals surface area contributed by atoms with E-state index in [0.29, 0.717) is 21.9 Å². The number of benzene rings is 4. The quantitative estimate of drug-likeness (QED) is 0.114. The Bertz CT molecular complexity index is 1560. The predicted molar refractivity (Wildman–Crippen MR) is 171 cm³/mol. The largest absolute Gasteiger partial charge is 0.480 e. The molecule has 4 rings (SSSR count). The fourth-order valence-electron chi connectivity index (χ4n) is 4.03. The monoisotopic (exact) mass is 618 g/mol. The van der Waals surface area contributed by atoms with Crippen molar-refractivity contribution in [2.24, 2.45) is 0 Å². The number of thioether (sulfide) groups is 1. The lowest BCUT2D eigenvalue weighted by molar-refractivity contribution is -0.141. The molecule has 214 valence electrons. The first-order valence-electron chi connectivity index (χ1n) is 13.1. The lowest BCUT2D eigenvalue weighted by Gasteiger charge is -2.17. The van der Waals surface area contributed by atoms with E-state index in [1.54, 1.807) is 36.0 Å². The van der Waals surface area contributed by atoms with Crippen LogP contribution in [-0.2, 0) is 15.3 Å². The third-order valence-electron chi connectivity index (χ3n) is 6.28. The normalized spacial score (nSPS) is 11.9. The average Bonchev–Trinajstić information content (AvgIpc) is 3.00. The number of amides is 2. The molecule has 0 bridgehead atoms. The lowest BCUT2D eigenvalue weighted by atomic mass is 10.0. The second-order valence-corrected chi connectivity index (χ2v) is 11.3. The zero-order chi connectivity index (χ0) is 29.9. The molecule has 4 aromatic rings. The Labute approximate surface area is 258 Å². The third-order valence-corrected chi connectivity index (χ3v) is 7.90. The number of carboxylic acids is 1. The smallest absolute Gasteiger partial charge is 0.326 e. The number of hydrogen-bond acceptors (Lipinski definition) is 4. The van der Waals surface area contributed by atoms with Gasteiger partial charge in [-0.15, -0.1) is 0 Å². The summed E-state index contributed by atoms with van der Waals surface area (Å²) < 4.78 is 0. The van der Waals surface area contributed by atoms with Crippen molar-refractivity contribution in [2.45, 2.75) is 18.2 Å². The molecule has 9 heteroatoms. The van der Waals surface area contributed by atoms with E-state index in [4.69, 9.17) is 23.2 Å². The molecule has 1 atom stereocenters. The highest BCUT2D eigenvalue weighted by Gasteiger charge is 2.23. The van der Waals surface area contributed by atoms with Crippen molar-refractivity contribution in [2.75, 3.05) is 5.75 Å². The van der Waals surface area contributed by atoms with Crippen LogP contribution in [0.1, 0.15) is 27.9 Å². The number of carbonyl (C=O) groups is 3. The van der Waals surface area contributed by atoms with Crippen LogP contribution >= 0.6 is 35.0 Å². The first-order chi connectivity index (χ1) is 20.3. The molecule has 0 aliphatic rings. The molecule has 0 spiro atoms.